The summed E-state index contributed by atoms with van der Waals surface area (Å²) in [5.41, 5.74) is 0. The lowest BCUT2D eigenvalue weighted by Crippen LogP contribution is -2.60. The SMILES string of the molecule is CC(=O)N[C@H]1[C@H]([C@H](O)[C@H](O)CNC(=O)CC(C)C)OC(C(=O)O)=C[C@@H]1O. The largest absolute Gasteiger partial charge is 0.478 e. The van der Waals surface area contributed by atoms with Gasteiger partial charge in [0.05, 0.1) is 6.04 Å². The van der Waals surface area contributed by atoms with Gasteiger partial charge in [0.2, 0.25) is 17.6 Å². The van der Waals surface area contributed by atoms with Crippen LogP contribution in [0.5, 0.6) is 0 Å². The van der Waals surface area contributed by atoms with Crippen molar-refractivity contribution in [2.75, 3.05) is 6.54 Å². The number of carboxylic acid groups (broad SMARTS) is 1. The third kappa shape index (κ3) is 6.28. The molecule has 1 rings (SSSR count). The summed E-state index contributed by atoms with van der Waals surface area (Å²) in [5, 5.41) is 44.3. The summed E-state index contributed by atoms with van der Waals surface area (Å²) in [5.74, 6) is -2.83. The van der Waals surface area contributed by atoms with E-state index >= 15 is 0 Å². The number of hydrogen-bond acceptors (Lipinski definition) is 7. The highest BCUT2D eigenvalue weighted by Crippen LogP contribution is 2.23. The molecule has 0 aliphatic carbocycles. The van der Waals surface area contributed by atoms with Gasteiger partial charge in [0.15, 0.2) is 6.10 Å². The number of carboxylic acids is 1. The van der Waals surface area contributed by atoms with Gasteiger partial charge in [-0.05, 0) is 12.0 Å². The first-order valence-corrected chi connectivity index (χ1v) is 8.22. The van der Waals surface area contributed by atoms with Gasteiger partial charge in [-0.25, -0.2) is 4.79 Å². The van der Waals surface area contributed by atoms with Crippen molar-refractivity contribution in [3.05, 3.63) is 11.8 Å². The van der Waals surface area contributed by atoms with Gasteiger partial charge in [-0.1, -0.05) is 13.8 Å². The van der Waals surface area contributed by atoms with Crippen LogP contribution in [-0.4, -0.2) is 75.2 Å². The smallest absolute Gasteiger partial charge is 0.370 e. The van der Waals surface area contributed by atoms with Crippen LogP contribution in [0.2, 0.25) is 0 Å². The number of amides is 2. The number of aliphatic hydroxyl groups is 3. The van der Waals surface area contributed by atoms with E-state index in [2.05, 4.69) is 10.6 Å². The fourth-order valence-electron chi connectivity index (χ4n) is 2.52. The molecule has 10 heteroatoms. The molecule has 0 bridgehead atoms. The first-order chi connectivity index (χ1) is 12.0. The summed E-state index contributed by atoms with van der Waals surface area (Å²) in [6, 6.07) is -1.17. The highest BCUT2D eigenvalue weighted by molar-refractivity contribution is 5.84. The zero-order valence-electron chi connectivity index (χ0n) is 14.9. The lowest BCUT2D eigenvalue weighted by molar-refractivity contribution is -0.147. The summed E-state index contributed by atoms with van der Waals surface area (Å²) in [6.45, 7) is 4.57. The maximum absolute atomic E-state index is 11.6. The van der Waals surface area contributed by atoms with Crippen molar-refractivity contribution in [2.24, 2.45) is 5.92 Å². The van der Waals surface area contributed by atoms with Gasteiger partial charge < -0.3 is 35.8 Å². The number of aliphatic hydroxyl groups excluding tert-OH is 3. The Morgan fingerprint density at radius 2 is 1.88 bits per heavy atom. The summed E-state index contributed by atoms with van der Waals surface area (Å²) in [7, 11) is 0. The monoisotopic (exact) mass is 374 g/mol. The highest BCUT2D eigenvalue weighted by atomic mass is 16.5. The van der Waals surface area contributed by atoms with Crippen LogP contribution in [0.1, 0.15) is 27.2 Å². The van der Waals surface area contributed by atoms with Crippen LogP contribution in [0.4, 0.5) is 0 Å². The van der Waals surface area contributed by atoms with Gasteiger partial charge in [-0.2, -0.15) is 0 Å². The first kappa shape index (κ1) is 21.9. The molecule has 10 nitrogen and oxygen atoms in total. The van der Waals surface area contributed by atoms with Crippen molar-refractivity contribution in [3.8, 4) is 0 Å². The van der Waals surface area contributed by atoms with Crippen molar-refractivity contribution in [2.45, 2.75) is 57.6 Å². The number of carbonyl (C=O) groups excluding carboxylic acids is 2. The molecule has 0 unspecified atom stereocenters. The molecule has 1 aliphatic rings. The molecule has 0 aromatic heterocycles. The lowest BCUT2D eigenvalue weighted by Gasteiger charge is -2.38. The molecule has 0 aromatic carbocycles. The van der Waals surface area contributed by atoms with E-state index in [1.807, 2.05) is 13.8 Å². The van der Waals surface area contributed by atoms with Gasteiger partial charge >= 0.3 is 5.97 Å². The van der Waals surface area contributed by atoms with Crippen LogP contribution in [0.15, 0.2) is 11.8 Å². The predicted octanol–water partition coefficient (Wildman–Crippen LogP) is -1.90. The van der Waals surface area contributed by atoms with Crippen LogP contribution < -0.4 is 10.6 Å². The highest BCUT2D eigenvalue weighted by Gasteiger charge is 2.43. The Labute approximate surface area is 150 Å². The summed E-state index contributed by atoms with van der Waals surface area (Å²) in [6.07, 6.45) is -4.93. The van der Waals surface area contributed by atoms with Crippen LogP contribution in [0, 0.1) is 5.92 Å². The van der Waals surface area contributed by atoms with Crippen LogP contribution in [0.3, 0.4) is 0 Å². The summed E-state index contributed by atoms with van der Waals surface area (Å²) >= 11 is 0. The Kier molecular flexibility index (Phi) is 8.00. The number of carbonyl (C=O) groups is 3. The molecule has 0 saturated carbocycles. The molecule has 2 amide bonds. The van der Waals surface area contributed by atoms with Crippen molar-refractivity contribution in [3.63, 3.8) is 0 Å². The quantitative estimate of drug-likeness (QED) is 0.287. The van der Waals surface area contributed by atoms with Gasteiger partial charge in [0.1, 0.15) is 18.3 Å². The lowest BCUT2D eigenvalue weighted by atomic mass is 9.93. The van der Waals surface area contributed by atoms with Crippen molar-refractivity contribution >= 4 is 17.8 Å². The molecule has 26 heavy (non-hydrogen) atoms. The molecule has 0 aromatic rings. The van der Waals surface area contributed by atoms with E-state index in [-0.39, 0.29) is 24.8 Å². The number of hydrogen-bond donors (Lipinski definition) is 6. The molecule has 1 aliphatic heterocycles. The molecular weight excluding hydrogens is 348 g/mol. The molecule has 5 atom stereocenters. The second-order valence-electron chi connectivity index (χ2n) is 6.60. The molecule has 0 fully saturated rings. The Morgan fingerprint density at radius 1 is 1.27 bits per heavy atom. The Balaban J connectivity index is 2.85. The van der Waals surface area contributed by atoms with Crippen LogP contribution in [-0.2, 0) is 19.1 Å². The Bertz CT molecular complexity index is 562. The molecule has 0 spiro atoms. The third-order valence-electron chi connectivity index (χ3n) is 3.72. The van der Waals surface area contributed by atoms with Gasteiger partial charge in [-0.15, -0.1) is 0 Å². The second-order valence-corrected chi connectivity index (χ2v) is 6.60. The zero-order chi connectivity index (χ0) is 20.0. The van der Waals surface area contributed by atoms with E-state index in [4.69, 9.17) is 9.84 Å². The third-order valence-corrected chi connectivity index (χ3v) is 3.72. The summed E-state index contributed by atoms with van der Waals surface area (Å²) in [4.78, 5) is 34.0. The molecule has 1 heterocycles. The fraction of sp³-hybridized carbons (Fsp3) is 0.688. The van der Waals surface area contributed by atoms with Crippen LogP contribution >= 0.6 is 0 Å². The second kappa shape index (κ2) is 9.51. The number of ether oxygens (including phenoxy) is 1. The van der Waals surface area contributed by atoms with E-state index in [1.165, 1.54) is 6.92 Å². The molecular formula is C16H26N2O8. The predicted molar refractivity (Wildman–Crippen MR) is 88.7 cm³/mol. The number of nitrogens with one attached hydrogen (secondary N) is 2. The normalized spacial score (nSPS) is 24.9. The first-order valence-electron chi connectivity index (χ1n) is 8.22. The minimum absolute atomic E-state index is 0.112. The summed E-state index contributed by atoms with van der Waals surface area (Å²) < 4.78 is 5.15. The molecule has 148 valence electrons. The minimum atomic E-state index is -1.68. The van der Waals surface area contributed by atoms with Crippen molar-refractivity contribution < 1.29 is 39.5 Å². The standard InChI is InChI=1S/C16H26N2O8/c1-7(2)4-12(22)17-6-10(21)14(23)15-13(18-8(3)19)9(20)5-11(26-15)16(24)25/h5,7,9-10,13-15,20-21,23H,4,6H2,1-3H3,(H,17,22)(H,18,19)(H,24,25)/t9-,10+,13+,14+,15+/m0/s1. The van der Waals surface area contributed by atoms with E-state index in [0.717, 1.165) is 6.08 Å². The maximum atomic E-state index is 11.6. The van der Waals surface area contributed by atoms with Gasteiger partial charge in [-0.3, -0.25) is 9.59 Å². The van der Waals surface area contributed by atoms with Crippen molar-refractivity contribution in [1.29, 1.82) is 0 Å². The van der Waals surface area contributed by atoms with E-state index < -0.39 is 48.1 Å². The van der Waals surface area contributed by atoms with Crippen molar-refractivity contribution in [1.82, 2.24) is 10.6 Å². The van der Waals surface area contributed by atoms with Gasteiger partial charge in [0, 0.05) is 19.9 Å². The Hall–Kier alpha value is -2.17. The van der Waals surface area contributed by atoms with Crippen LogP contribution in [0.25, 0.3) is 0 Å². The molecule has 0 radical (unpaired) electrons. The topological polar surface area (TPSA) is 165 Å². The average Bonchev–Trinajstić information content (AvgIpc) is 2.52. The molecule has 0 saturated heterocycles. The van der Waals surface area contributed by atoms with E-state index in [9.17, 15) is 29.7 Å². The van der Waals surface area contributed by atoms with E-state index in [0.29, 0.717) is 0 Å². The Morgan fingerprint density at radius 3 is 2.38 bits per heavy atom. The molecule has 6 N–H and O–H groups in total. The maximum Gasteiger partial charge on any atom is 0.370 e. The number of aliphatic carboxylic acids is 1. The zero-order valence-corrected chi connectivity index (χ0v) is 14.9. The fourth-order valence-corrected chi connectivity index (χ4v) is 2.52. The minimum Gasteiger partial charge on any atom is -0.478 e. The van der Waals surface area contributed by atoms with Gasteiger partial charge in [0.25, 0.3) is 0 Å². The number of rotatable bonds is 8. The average molecular weight is 374 g/mol. The van der Waals surface area contributed by atoms with E-state index in [1.54, 1.807) is 0 Å².